The van der Waals surface area contributed by atoms with Crippen molar-refractivity contribution in [3.8, 4) is 107 Å². The summed E-state index contributed by atoms with van der Waals surface area (Å²) in [5, 5.41) is 0. The van der Waals surface area contributed by atoms with Crippen molar-refractivity contribution in [3.63, 3.8) is 0 Å². The summed E-state index contributed by atoms with van der Waals surface area (Å²) in [6, 6.07) is 48.0. The van der Waals surface area contributed by atoms with Crippen molar-refractivity contribution in [3.05, 3.63) is 153 Å². The molecule has 0 amide bonds. The summed E-state index contributed by atoms with van der Waals surface area (Å²) in [5.41, 5.74) is 6.12. The van der Waals surface area contributed by atoms with Crippen LogP contribution in [0.15, 0.2) is 121 Å². The van der Waals surface area contributed by atoms with Crippen LogP contribution in [-0.2, 0) is 25.7 Å². The van der Waals surface area contributed by atoms with Crippen LogP contribution in [0, 0.1) is 13.8 Å². The predicted molar refractivity (Wildman–Crippen MR) is 402 cm³/mol. The topological polar surface area (TPSA) is 0 Å². The highest BCUT2D eigenvalue weighted by Gasteiger charge is 2.22. The zero-order valence-corrected chi connectivity index (χ0v) is 60.4. The zero-order valence-electron chi connectivity index (χ0n) is 50.6. The van der Waals surface area contributed by atoms with Gasteiger partial charge in [0.25, 0.3) is 0 Å². The van der Waals surface area contributed by atoms with Gasteiger partial charge in [-0.05, 0) is 209 Å². The molecule has 0 aliphatic carbocycles. The fraction of sp³-hybridized carbons (Fsp3) is 0.351. The third kappa shape index (κ3) is 14.9. The number of hydrogen-bond acceptors (Lipinski definition) is 12. The molecule has 0 fully saturated rings. The van der Waals surface area contributed by atoms with E-state index in [2.05, 4.69) is 163 Å². The van der Waals surface area contributed by atoms with E-state index in [0.717, 1.165) is 19.3 Å². The van der Waals surface area contributed by atoms with Crippen LogP contribution in [0.5, 0.6) is 0 Å². The first-order valence-electron chi connectivity index (χ1n) is 31.5. The molecule has 0 saturated heterocycles. The van der Waals surface area contributed by atoms with Crippen LogP contribution in [0.2, 0.25) is 0 Å². The highest BCUT2D eigenvalue weighted by Crippen LogP contribution is 2.52. The number of hydrogen-bond donors (Lipinski definition) is 0. The Morgan fingerprint density at radius 2 is 0.442 bits per heavy atom. The third-order valence-electron chi connectivity index (χ3n) is 16.2. The van der Waals surface area contributed by atoms with E-state index in [1.165, 1.54) is 243 Å². The van der Waals surface area contributed by atoms with E-state index in [9.17, 15) is 0 Å². The van der Waals surface area contributed by atoms with Crippen molar-refractivity contribution in [2.24, 2.45) is 0 Å². The quantitative estimate of drug-likeness (QED) is 0.0380. The normalized spacial score (nSPS) is 11.8. The molecule has 12 aromatic rings. The summed E-state index contributed by atoms with van der Waals surface area (Å²) in [5.74, 6) is 0. The Balaban J connectivity index is 0.768. The Kier molecular flexibility index (Phi) is 21.8. The van der Waals surface area contributed by atoms with Crippen molar-refractivity contribution in [2.45, 2.75) is 170 Å². The highest BCUT2D eigenvalue weighted by molar-refractivity contribution is 7.33. The van der Waals surface area contributed by atoms with Crippen molar-refractivity contribution in [1.29, 1.82) is 0 Å². The Morgan fingerprint density at radius 3 is 0.733 bits per heavy atom. The summed E-state index contributed by atoms with van der Waals surface area (Å²) in [6.45, 7) is 13.8. The first kappa shape index (κ1) is 62.6. The molecule has 0 radical (unpaired) electrons. The first-order chi connectivity index (χ1) is 42.2. The molecule has 446 valence electrons. The molecular weight excluding hydrogens is 1270 g/mol. The SMILES string of the molecule is CCCCCCc1cc(-c2ccc(-c3ccc(-c4sc(-c5ccc(-c6ccc(-c7sc(-c8ccc(-c9ccc(-c%10sc(-c%11ccc(-c%12ccc(C)s%12)s%11)cc%10CCCCCC)s9)s8)cc7CCCCCC)s6)s5)cc4CCCCCC)s3)s2)sc1C. The van der Waals surface area contributed by atoms with Crippen molar-refractivity contribution in [1.82, 2.24) is 0 Å². The van der Waals surface area contributed by atoms with E-state index in [1.54, 1.807) is 5.56 Å². The summed E-state index contributed by atoms with van der Waals surface area (Å²) in [6.07, 6.45) is 25.2. The summed E-state index contributed by atoms with van der Waals surface area (Å²) < 4.78 is 0. The molecule has 0 aromatic carbocycles. The second kappa shape index (κ2) is 30.0. The van der Waals surface area contributed by atoms with E-state index in [-0.39, 0.29) is 0 Å². The van der Waals surface area contributed by atoms with Gasteiger partial charge in [-0.1, -0.05) is 105 Å². The Hall–Kier alpha value is -3.60. The average molecular weight is 1350 g/mol. The molecule has 12 rings (SSSR count). The molecule has 12 aromatic heterocycles. The van der Waals surface area contributed by atoms with Crippen LogP contribution >= 0.6 is 136 Å². The molecule has 12 heteroatoms. The molecule has 0 N–H and O–H groups in total. The molecule has 0 aliphatic rings. The molecule has 0 bridgehead atoms. The van der Waals surface area contributed by atoms with Gasteiger partial charge >= 0.3 is 0 Å². The van der Waals surface area contributed by atoms with Gasteiger partial charge < -0.3 is 0 Å². The smallest absolute Gasteiger partial charge is 0.0481 e. The van der Waals surface area contributed by atoms with Crippen molar-refractivity contribution < 1.29 is 0 Å². The van der Waals surface area contributed by atoms with E-state index in [0.29, 0.717) is 0 Å². The fourth-order valence-corrected chi connectivity index (χ4v) is 25.2. The van der Waals surface area contributed by atoms with Gasteiger partial charge in [0.2, 0.25) is 0 Å². The molecule has 12 heterocycles. The Morgan fingerprint density at radius 1 is 0.209 bits per heavy atom. The third-order valence-corrected chi connectivity index (χ3v) is 31.6. The monoisotopic (exact) mass is 1350 g/mol. The van der Waals surface area contributed by atoms with Gasteiger partial charge in [-0.25, -0.2) is 0 Å². The Labute approximate surface area is 560 Å². The standard InChI is InChI=1S/C74H78S12/c1-7-11-15-19-23-49-43-68(76-48(49)6)61-33-30-55(78-61)58-37-40-65(81-58)73-51(25-21-17-13-9-3)45-70(85-73)63-35-32-57(80-63)60-39-42-67(83-60)74-52(26-22-18-14-10-4)46-71(86-74)64-36-31-56(79-64)59-38-41-66(82-59)72-50(24-20-16-12-8-2)44-69(84-72)62-34-29-54(77-62)53-28-27-47(5)75-53/h27-46H,7-26H2,1-6H3. The number of aryl methyl sites for hydroxylation is 6. The van der Waals surface area contributed by atoms with Crippen LogP contribution in [-0.4, -0.2) is 0 Å². The van der Waals surface area contributed by atoms with Crippen LogP contribution in [0.1, 0.15) is 162 Å². The molecule has 0 spiro atoms. The number of thiophene rings is 12. The lowest BCUT2D eigenvalue weighted by Gasteiger charge is -2.02. The lowest BCUT2D eigenvalue weighted by molar-refractivity contribution is 0.666. The fourth-order valence-electron chi connectivity index (χ4n) is 11.4. The van der Waals surface area contributed by atoms with Gasteiger partial charge in [-0.3, -0.25) is 0 Å². The molecule has 0 atom stereocenters. The van der Waals surface area contributed by atoms with Gasteiger partial charge in [0, 0.05) is 117 Å². The minimum Gasteiger partial charge on any atom is -0.140 e. The highest BCUT2D eigenvalue weighted by atomic mass is 32.1. The van der Waals surface area contributed by atoms with Crippen molar-refractivity contribution >= 4 is 136 Å². The predicted octanol–water partition coefficient (Wildman–Crippen LogP) is 29.9. The summed E-state index contributed by atoms with van der Waals surface area (Å²) in [7, 11) is 0. The van der Waals surface area contributed by atoms with Crippen LogP contribution < -0.4 is 0 Å². The van der Waals surface area contributed by atoms with E-state index < -0.39 is 0 Å². The summed E-state index contributed by atoms with van der Waals surface area (Å²) >= 11 is 23.7. The second-order valence-corrected chi connectivity index (χ2v) is 36.2. The maximum absolute atomic E-state index is 2.55. The number of unbranched alkanes of at least 4 members (excludes halogenated alkanes) is 12. The molecule has 0 unspecified atom stereocenters. The minimum absolute atomic E-state index is 1.13. The molecule has 86 heavy (non-hydrogen) atoms. The lowest BCUT2D eigenvalue weighted by atomic mass is 10.1. The van der Waals surface area contributed by atoms with E-state index in [1.807, 2.05) is 136 Å². The van der Waals surface area contributed by atoms with Crippen LogP contribution in [0.4, 0.5) is 0 Å². The van der Waals surface area contributed by atoms with Gasteiger partial charge in [0.1, 0.15) is 0 Å². The maximum Gasteiger partial charge on any atom is 0.0481 e. The van der Waals surface area contributed by atoms with E-state index in [4.69, 9.17) is 0 Å². The second-order valence-electron chi connectivity index (χ2n) is 22.9. The Bertz CT molecular complexity index is 4070. The van der Waals surface area contributed by atoms with Gasteiger partial charge in [-0.2, -0.15) is 0 Å². The van der Waals surface area contributed by atoms with Crippen LogP contribution in [0.3, 0.4) is 0 Å². The van der Waals surface area contributed by atoms with Crippen LogP contribution in [0.25, 0.3) is 107 Å². The first-order valence-corrected chi connectivity index (χ1v) is 41.3. The zero-order chi connectivity index (χ0) is 58.9. The average Bonchev–Trinajstić information content (AvgIpc) is 4.54. The molecular formula is C74H78S12. The maximum atomic E-state index is 2.55. The largest absolute Gasteiger partial charge is 0.140 e. The molecule has 0 saturated carbocycles. The van der Waals surface area contributed by atoms with Gasteiger partial charge in [0.15, 0.2) is 0 Å². The summed E-state index contributed by atoms with van der Waals surface area (Å²) in [4.78, 5) is 33.8. The van der Waals surface area contributed by atoms with E-state index >= 15 is 0 Å². The molecule has 0 aliphatic heterocycles. The lowest BCUT2D eigenvalue weighted by Crippen LogP contribution is -1.85. The van der Waals surface area contributed by atoms with Gasteiger partial charge in [-0.15, -0.1) is 136 Å². The van der Waals surface area contributed by atoms with Crippen molar-refractivity contribution in [2.75, 3.05) is 0 Å². The number of rotatable bonds is 31. The minimum atomic E-state index is 1.13. The molecule has 0 nitrogen and oxygen atoms in total. The van der Waals surface area contributed by atoms with Gasteiger partial charge in [0.05, 0.1) is 0 Å².